The van der Waals surface area contributed by atoms with Gasteiger partial charge in [0.25, 0.3) is 0 Å². The number of rotatable bonds is 9. The van der Waals surface area contributed by atoms with Crippen molar-refractivity contribution in [1.82, 2.24) is 29.6 Å². The normalized spacial score (nSPS) is 16.7. The molecular weight excluding hydrogens is 490 g/mol. The van der Waals surface area contributed by atoms with Crippen LogP contribution in [0.2, 0.25) is 0 Å². The Labute approximate surface area is 227 Å². The average Bonchev–Trinajstić information content (AvgIpc) is 3.38. The zero-order valence-corrected chi connectivity index (χ0v) is 22.0. The first-order chi connectivity index (χ1) is 19.2. The molecule has 5 heterocycles. The zero-order chi connectivity index (χ0) is 26.6. The van der Waals surface area contributed by atoms with Crippen LogP contribution in [0, 0.1) is 5.41 Å². The molecule has 0 saturated carbocycles. The van der Waals surface area contributed by atoms with E-state index in [-0.39, 0.29) is 0 Å². The van der Waals surface area contributed by atoms with E-state index in [1.165, 1.54) is 11.9 Å². The molecule has 0 amide bonds. The minimum atomic E-state index is 0.601. The molecule has 0 bridgehead atoms. The minimum absolute atomic E-state index is 0.601. The molecule has 0 atom stereocenters. The number of piperazine rings is 1. The van der Waals surface area contributed by atoms with Crippen LogP contribution in [-0.2, 0) is 11.3 Å². The highest BCUT2D eigenvalue weighted by atomic mass is 16.5. The third kappa shape index (κ3) is 5.34. The highest BCUT2D eigenvalue weighted by Crippen LogP contribution is 2.25. The summed E-state index contributed by atoms with van der Waals surface area (Å²) in [6.45, 7) is 6.54. The molecule has 2 aliphatic heterocycles. The summed E-state index contributed by atoms with van der Waals surface area (Å²) in [5, 5.41) is 14.0. The van der Waals surface area contributed by atoms with Gasteiger partial charge in [-0.1, -0.05) is 24.3 Å². The van der Waals surface area contributed by atoms with Gasteiger partial charge in [-0.3, -0.25) is 9.30 Å². The van der Waals surface area contributed by atoms with Gasteiger partial charge < -0.3 is 25.7 Å². The summed E-state index contributed by atoms with van der Waals surface area (Å²) in [5.74, 6) is 0.751. The maximum Gasteiger partial charge on any atom is 0.139 e. The molecule has 0 unspecified atom stereocenters. The number of benzene rings is 1. The van der Waals surface area contributed by atoms with Crippen LogP contribution in [0.15, 0.2) is 67.4 Å². The maximum absolute atomic E-state index is 7.59. The second-order valence-corrected chi connectivity index (χ2v) is 9.84. The molecule has 2 saturated heterocycles. The molecule has 6 rings (SSSR count). The number of hydrogen-bond donors (Lipinski definition) is 3. The standard InChI is InChI=1S/C29H33N9O/c1-31-16-23(14-30)22-4-2-21(3-5-22)15-32-28-13-26(34-20-35-28)27-17-33-29-12-24(6-7-38(27)29)36-8-10-37(11-9-36)25-18-39-19-25/h2-7,12-14,16-17,20,25,30-31H,8-11,15,18-19H2,1H3,(H,32,34,35)/b23-16+,30-14?. The summed E-state index contributed by atoms with van der Waals surface area (Å²) in [6, 6.07) is 15.0. The molecule has 3 N–H and O–H groups in total. The van der Waals surface area contributed by atoms with Crippen LogP contribution in [0.5, 0.6) is 0 Å². The molecule has 39 heavy (non-hydrogen) atoms. The molecule has 200 valence electrons. The molecule has 2 aliphatic rings. The van der Waals surface area contributed by atoms with Crippen LogP contribution in [-0.4, -0.2) is 82.9 Å². The second kappa shape index (κ2) is 11.2. The summed E-state index contributed by atoms with van der Waals surface area (Å²) in [4.78, 5) is 18.6. The van der Waals surface area contributed by atoms with Crippen LogP contribution in [0.4, 0.5) is 11.5 Å². The van der Waals surface area contributed by atoms with Gasteiger partial charge in [0.15, 0.2) is 0 Å². The fourth-order valence-corrected chi connectivity index (χ4v) is 5.10. The maximum atomic E-state index is 7.59. The summed E-state index contributed by atoms with van der Waals surface area (Å²) in [5.41, 5.74) is 6.80. The number of allylic oxidation sites excluding steroid dienone is 1. The molecule has 10 heteroatoms. The zero-order valence-electron chi connectivity index (χ0n) is 22.0. The minimum Gasteiger partial charge on any atom is -0.393 e. The van der Waals surface area contributed by atoms with E-state index in [4.69, 9.17) is 10.1 Å². The third-order valence-corrected chi connectivity index (χ3v) is 7.46. The smallest absolute Gasteiger partial charge is 0.139 e. The molecule has 4 aromatic rings. The Bertz CT molecular complexity index is 1470. The Morgan fingerprint density at radius 1 is 1.05 bits per heavy atom. The number of ether oxygens (including phenoxy) is 1. The lowest BCUT2D eigenvalue weighted by atomic mass is 10.1. The lowest BCUT2D eigenvalue weighted by Gasteiger charge is -2.43. The summed E-state index contributed by atoms with van der Waals surface area (Å²) in [6.07, 6.45) is 8.70. The van der Waals surface area contributed by atoms with Gasteiger partial charge in [0, 0.05) is 81.8 Å². The summed E-state index contributed by atoms with van der Waals surface area (Å²) in [7, 11) is 1.83. The Morgan fingerprint density at radius 3 is 2.59 bits per heavy atom. The number of pyridine rings is 1. The first kappa shape index (κ1) is 25.0. The SMILES string of the molecule is CN/C=C(\C=N)c1ccc(CNc2cc(-c3cnc4cc(N5CCN(C6COC6)CC5)ccn34)ncn2)cc1. The second-order valence-electron chi connectivity index (χ2n) is 9.84. The van der Waals surface area contributed by atoms with Gasteiger partial charge in [0.05, 0.1) is 36.8 Å². The Kier molecular flexibility index (Phi) is 7.20. The van der Waals surface area contributed by atoms with Crippen LogP contribution >= 0.6 is 0 Å². The number of imidazole rings is 1. The van der Waals surface area contributed by atoms with Gasteiger partial charge in [-0.15, -0.1) is 0 Å². The number of aromatic nitrogens is 4. The summed E-state index contributed by atoms with van der Waals surface area (Å²) >= 11 is 0. The Hall–Kier alpha value is -4.28. The monoisotopic (exact) mass is 523 g/mol. The van der Waals surface area contributed by atoms with E-state index in [0.717, 1.165) is 78.9 Å². The fraction of sp³-hybridized carbons (Fsp3) is 0.310. The Morgan fingerprint density at radius 2 is 1.87 bits per heavy atom. The number of nitrogens with zero attached hydrogens (tertiary/aromatic N) is 6. The number of nitrogens with one attached hydrogen (secondary N) is 3. The van der Waals surface area contributed by atoms with Crippen molar-refractivity contribution in [1.29, 1.82) is 5.41 Å². The predicted octanol–water partition coefficient (Wildman–Crippen LogP) is 3.13. The first-order valence-corrected chi connectivity index (χ1v) is 13.3. The summed E-state index contributed by atoms with van der Waals surface area (Å²) < 4.78 is 7.44. The van der Waals surface area contributed by atoms with E-state index in [2.05, 4.69) is 70.2 Å². The average molecular weight is 524 g/mol. The fourth-order valence-electron chi connectivity index (χ4n) is 5.10. The lowest BCUT2D eigenvalue weighted by Crippen LogP contribution is -2.56. The lowest BCUT2D eigenvalue weighted by molar-refractivity contribution is -0.0660. The van der Waals surface area contributed by atoms with Crippen molar-refractivity contribution in [2.45, 2.75) is 12.6 Å². The van der Waals surface area contributed by atoms with Gasteiger partial charge >= 0.3 is 0 Å². The molecule has 0 aliphatic carbocycles. The van der Waals surface area contributed by atoms with E-state index in [9.17, 15) is 0 Å². The van der Waals surface area contributed by atoms with Gasteiger partial charge in [0.2, 0.25) is 0 Å². The number of anilines is 2. The van der Waals surface area contributed by atoms with Crippen LogP contribution in [0.25, 0.3) is 22.6 Å². The highest BCUT2D eigenvalue weighted by Gasteiger charge is 2.29. The number of fused-ring (bicyclic) bond motifs is 1. The van der Waals surface area contributed by atoms with E-state index in [1.54, 1.807) is 6.33 Å². The molecule has 1 aromatic carbocycles. The predicted molar refractivity (Wildman–Crippen MR) is 154 cm³/mol. The van der Waals surface area contributed by atoms with Crippen molar-refractivity contribution in [3.05, 3.63) is 78.5 Å². The topological polar surface area (TPSA) is 107 Å². The first-order valence-electron chi connectivity index (χ1n) is 13.3. The van der Waals surface area contributed by atoms with E-state index >= 15 is 0 Å². The highest BCUT2D eigenvalue weighted by molar-refractivity contribution is 6.08. The van der Waals surface area contributed by atoms with E-state index in [1.807, 2.05) is 37.6 Å². The van der Waals surface area contributed by atoms with Gasteiger partial charge in [-0.25, -0.2) is 15.0 Å². The third-order valence-electron chi connectivity index (χ3n) is 7.46. The van der Waals surface area contributed by atoms with E-state index < -0.39 is 0 Å². The van der Waals surface area contributed by atoms with Crippen molar-refractivity contribution < 1.29 is 4.74 Å². The number of hydrogen-bond acceptors (Lipinski definition) is 9. The molecule has 2 fully saturated rings. The Balaban J connectivity index is 1.12. The van der Waals surface area contributed by atoms with Gasteiger partial charge in [-0.05, 0) is 17.2 Å². The molecule has 3 aromatic heterocycles. The van der Waals surface area contributed by atoms with Crippen LogP contribution < -0.4 is 15.5 Å². The quantitative estimate of drug-likeness (QED) is 0.287. The van der Waals surface area contributed by atoms with Crippen molar-refractivity contribution in [3.8, 4) is 11.4 Å². The largest absolute Gasteiger partial charge is 0.393 e. The van der Waals surface area contributed by atoms with Crippen LogP contribution in [0.3, 0.4) is 0 Å². The van der Waals surface area contributed by atoms with Gasteiger partial charge in [-0.2, -0.15) is 0 Å². The van der Waals surface area contributed by atoms with Crippen LogP contribution in [0.1, 0.15) is 11.1 Å². The van der Waals surface area contributed by atoms with Crippen molar-refractivity contribution in [2.75, 3.05) is 56.7 Å². The van der Waals surface area contributed by atoms with Crippen molar-refractivity contribution in [2.24, 2.45) is 0 Å². The molecular formula is C29H33N9O. The van der Waals surface area contributed by atoms with Crippen molar-refractivity contribution in [3.63, 3.8) is 0 Å². The van der Waals surface area contributed by atoms with E-state index in [0.29, 0.717) is 12.6 Å². The molecule has 10 nitrogen and oxygen atoms in total. The van der Waals surface area contributed by atoms with Crippen molar-refractivity contribution >= 4 is 28.9 Å². The molecule has 0 radical (unpaired) electrons. The van der Waals surface area contributed by atoms with Gasteiger partial charge in [0.1, 0.15) is 17.8 Å². The molecule has 0 spiro atoms.